The molecule has 0 saturated carbocycles. The van der Waals surface area contributed by atoms with Gasteiger partial charge in [0.2, 0.25) is 0 Å². The SMILES string of the molecule is C=C(C)N1CCN(c2ccc(OC)cc2)CC1. The maximum absolute atomic E-state index is 5.17. The Morgan fingerprint density at radius 3 is 2.18 bits per heavy atom. The van der Waals surface area contributed by atoms with E-state index in [1.165, 1.54) is 11.4 Å². The molecule has 1 aliphatic rings. The monoisotopic (exact) mass is 232 g/mol. The molecule has 1 fully saturated rings. The van der Waals surface area contributed by atoms with E-state index in [9.17, 15) is 0 Å². The van der Waals surface area contributed by atoms with Gasteiger partial charge in [-0.2, -0.15) is 0 Å². The number of methoxy groups -OCH3 is 1. The Kier molecular flexibility index (Phi) is 3.57. The topological polar surface area (TPSA) is 15.7 Å². The van der Waals surface area contributed by atoms with E-state index in [1.54, 1.807) is 7.11 Å². The van der Waals surface area contributed by atoms with Gasteiger partial charge < -0.3 is 14.5 Å². The van der Waals surface area contributed by atoms with Crippen molar-refractivity contribution in [2.24, 2.45) is 0 Å². The van der Waals surface area contributed by atoms with Gasteiger partial charge >= 0.3 is 0 Å². The van der Waals surface area contributed by atoms with Crippen LogP contribution < -0.4 is 9.64 Å². The van der Waals surface area contributed by atoms with Crippen LogP contribution in [0.5, 0.6) is 5.75 Å². The minimum Gasteiger partial charge on any atom is -0.497 e. The number of anilines is 1. The zero-order valence-electron chi connectivity index (χ0n) is 10.6. The standard InChI is InChI=1S/C14H20N2O/c1-12(2)15-8-10-16(11-9-15)13-4-6-14(17-3)7-5-13/h4-7H,1,8-11H2,2-3H3. The van der Waals surface area contributed by atoms with Gasteiger partial charge in [-0.15, -0.1) is 0 Å². The van der Waals surface area contributed by atoms with E-state index >= 15 is 0 Å². The van der Waals surface area contributed by atoms with Crippen LogP contribution in [0.25, 0.3) is 0 Å². The summed E-state index contributed by atoms with van der Waals surface area (Å²) in [5, 5.41) is 0. The summed E-state index contributed by atoms with van der Waals surface area (Å²) in [6.45, 7) is 10.3. The lowest BCUT2D eigenvalue weighted by atomic mass is 10.2. The highest BCUT2D eigenvalue weighted by Crippen LogP contribution is 2.21. The molecule has 0 bridgehead atoms. The first-order valence-electron chi connectivity index (χ1n) is 6.00. The summed E-state index contributed by atoms with van der Waals surface area (Å²) in [5.41, 5.74) is 2.44. The van der Waals surface area contributed by atoms with Crippen LogP contribution in [0.15, 0.2) is 36.5 Å². The Bertz CT molecular complexity index is 378. The average Bonchev–Trinajstić information content (AvgIpc) is 2.39. The van der Waals surface area contributed by atoms with Gasteiger partial charge in [-0.25, -0.2) is 0 Å². The predicted molar refractivity (Wildman–Crippen MR) is 71.6 cm³/mol. The summed E-state index contributed by atoms with van der Waals surface area (Å²) in [6, 6.07) is 8.27. The molecule has 2 rings (SSSR count). The summed E-state index contributed by atoms with van der Waals surface area (Å²) in [6.07, 6.45) is 0. The molecule has 0 amide bonds. The predicted octanol–water partition coefficient (Wildman–Crippen LogP) is 2.35. The lowest BCUT2D eigenvalue weighted by Crippen LogP contribution is -2.45. The van der Waals surface area contributed by atoms with E-state index in [-0.39, 0.29) is 0 Å². The third kappa shape index (κ3) is 2.73. The van der Waals surface area contributed by atoms with Crippen molar-refractivity contribution in [2.75, 3.05) is 38.2 Å². The van der Waals surface area contributed by atoms with Crippen molar-refractivity contribution in [1.29, 1.82) is 0 Å². The highest BCUT2D eigenvalue weighted by molar-refractivity contribution is 5.49. The molecule has 1 aromatic rings. The fourth-order valence-electron chi connectivity index (χ4n) is 2.14. The number of benzene rings is 1. The van der Waals surface area contributed by atoms with E-state index in [4.69, 9.17) is 4.74 Å². The lowest BCUT2D eigenvalue weighted by Gasteiger charge is -2.37. The fraction of sp³-hybridized carbons (Fsp3) is 0.429. The Labute approximate surface area is 103 Å². The normalized spacial score (nSPS) is 15.9. The zero-order valence-corrected chi connectivity index (χ0v) is 10.6. The number of hydrogen-bond acceptors (Lipinski definition) is 3. The first-order chi connectivity index (χ1) is 8.20. The second-order valence-electron chi connectivity index (χ2n) is 4.41. The van der Waals surface area contributed by atoms with Crippen molar-refractivity contribution >= 4 is 5.69 Å². The maximum atomic E-state index is 5.17. The molecule has 0 aliphatic carbocycles. The van der Waals surface area contributed by atoms with Crippen LogP contribution in [-0.4, -0.2) is 38.2 Å². The number of piperazine rings is 1. The quantitative estimate of drug-likeness (QED) is 0.795. The molecular formula is C14H20N2O. The molecule has 92 valence electrons. The molecule has 0 aromatic heterocycles. The third-order valence-corrected chi connectivity index (χ3v) is 3.26. The molecule has 1 saturated heterocycles. The van der Waals surface area contributed by atoms with E-state index in [2.05, 4.69) is 35.4 Å². The molecule has 17 heavy (non-hydrogen) atoms. The first kappa shape index (κ1) is 11.8. The molecule has 3 heteroatoms. The largest absolute Gasteiger partial charge is 0.497 e. The van der Waals surface area contributed by atoms with Crippen molar-refractivity contribution in [1.82, 2.24) is 4.90 Å². The molecule has 0 N–H and O–H groups in total. The zero-order chi connectivity index (χ0) is 12.3. The third-order valence-electron chi connectivity index (χ3n) is 3.26. The van der Waals surface area contributed by atoms with Crippen LogP contribution >= 0.6 is 0 Å². The molecular weight excluding hydrogens is 212 g/mol. The van der Waals surface area contributed by atoms with E-state index in [1.807, 2.05) is 12.1 Å². The number of nitrogens with zero attached hydrogens (tertiary/aromatic N) is 2. The Balaban J connectivity index is 1.97. The summed E-state index contributed by atoms with van der Waals surface area (Å²) in [4.78, 5) is 4.74. The van der Waals surface area contributed by atoms with Crippen molar-refractivity contribution in [3.05, 3.63) is 36.5 Å². The molecule has 3 nitrogen and oxygen atoms in total. The van der Waals surface area contributed by atoms with Gasteiger partial charge in [0.1, 0.15) is 5.75 Å². The molecule has 1 aliphatic heterocycles. The van der Waals surface area contributed by atoms with Gasteiger partial charge in [0.05, 0.1) is 7.11 Å². The number of allylic oxidation sites excluding steroid dienone is 1. The first-order valence-corrected chi connectivity index (χ1v) is 6.00. The minimum absolute atomic E-state index is 0.911. The van der Waals surface area contributed by atoms with Gasteiger partial charge in [0.25, 0.3) is 0 Å². The van der Waals surface area contributed by atoms with E-state index in [0.717, 1.165) is 31.9 Å². The molecule has 1 heterocycles. The summed E-state index contributed by atoms with van der Waals surface area (Å²) in [7, 11) is 1.70. The molecule has 0 spiro atoms. The molecule has 0 unspecified atom stereocenters. The molecule has 0 atom stereocenters. The van der Waals surface area contributed by atoms with Gasteiger partial charge in [0.15, 0.2) is 0 Å². The molecule has 0 radical (unpaired) electrons. The molecule has 1 aromatic carbocycles. The van der Waals surface area contributed by atoms with Crippen LogP contribution in [0.1, 0.15) is 6.92 Å². The van der Waals surface area contributed by atoms with Crippen LogP contribution in [0.2, 0.25) is 0 Å². The highest BCUT2D eigenvalue weighted by atomic mass is 16.5. The average molecular weight is 232 g/mol. The van der Waals surface area contributed by atoms with Gasteiger partial charge in [-0.05, 0) is 31.2 Å². The second kappa shape index (κ2) is 5.13. The number of hydrogen-bond donors (Lipinski definition) is 0. The van der Waals surface area contributed by atoms with E-state index < -0.39 is 0 Å². The summed E-state index contributed by atoms with van der Waals surface area (Å²) < 4.78 is 5.17. The van der Waals surface area contributed by atoms with Crippen molar-refractivity contribution < 1.29 is 4.74 Å². The van der Waals surface area contributed by atoms with E-state index in [0.29, 0.717) is 0 Å². The van der Waals surface area contributed by atoms with Crippen molar-refractivity contribution in [3.63, 3.8) is 0 Å². The minimum atomic E-state index is 0.911. The fourth-order valence-corrected chi connectivity index (χ4v) is 2.14. The Hall–Kier alpha value is -1.64. The second-order valence-corrected chi connectivity index (χ2v) is 4.41. The summed E-state index contributed by atoms with van der Waals surface area (Å²) in [5.74, 6) is 0.911. The summed E-state index contributed by atoms with van der Waals surface area (Å²) >= 11 is 0. The smallest absolute Gasteiger partial charge is 0.119 e. The van der Waals surface area contributed by atoms with Gasteiger partial charge in [0, 0.05) is 37.6 Å². The van der Waals surface area contributed by atoms with Crippen molar-refractivity contribution in [2.45, 2.75) is 6.92 Å². The van der Waals surface area contributed by atoms with Crippen LogP contribution in [0.4, 0.5) is 5.69 Å². The van der Waals surface area contributed by atoms with Crippen molar-refractivity contribution in [3.8, 4) is 5.75 Å². The van der Waals surface area contributed by atoms with Gasteiger partial charge in [-0.1, -0.05) is 6.58 Å². The number of ether oxygens (including phenoxy) is 1. The maximum Gasteiger partial charge on any atom is 0.119 e. The highest BCUT2D eigenvalue weighted by Gasteiger charge is 2.16. The van der Waals surface area contributed by atoms with Crippen LogP contribution in [-0.2, 0) is 0 Å². The Morgan fingerprint density at radius 2 is 1.71 bits per heavy atom. The van der Waals surface area contributed by atoms with Gasteiger partial charge in [-0.3, -0.25) is 0 Å². The number of rotatable bonds is 3. The van der Waals surface area contributed by atoms with Crippen LogP contribution in [0.3, 0.4) is 0 Å². The lowest BCUT2D eigenvalue weighted by molar-refractivity contribution is 0.323. The Morgan fingerprint density at radius 1 is 1.12 bits per heavy atom. The van der Waals surface area contributed by atoms with Crippen LogP contribution in [0, 0.1) is 0 Å².